The molecule has 19 heavy (non-hydrogen) atoms. The molecule has 1 atom stereocenters. The Bertz CT molecular complexity index is 445. The number of carbonyl (C=O) groups is 3. The van der Waals surface area contributed by atoms with Crippen LogP contribution in [0.1, 0.15) is 12.8 Å². The Kier molecular flexibility index (Phi) is 5.45. The zero-order chi connectivity index (χ0) is 14.3. The number of hydrogen-bond acceptors (Lipinski definition) is 6. The van der Waals surface area contributed by atoms with Crippen molar-refractivity contribution < 1.29 is 24.2 Å². The molecule has 1 heterocycles. The van der Waals surface area contributed by atoms with Gasteiger partial charge in [0, 0.05) is 6.42 Å². The molecular formula is C10H14N4O5. The molecule has 1 aromatic heterocycles. The van der Waals surface area contributed by atoms with Crippen LogP contribution in [0.25, 0.3) is 0 Å². The first-order chi connectivity index (χ1) is 9.02. The van der Waals surface area contributed by atoms with Gasteiger partial charge in [-0.05, 0) is 0 Å². The van der Waals surface area contributed by atoms with E-state index < -0.39 is 30.3 Å². The van der Waals surface area contributed by atoms with E-state index in [-0.39, 0.29) is 13.0 Å². The van der Waals surface area contributed by atoms with Crippen LogP contribution in [-0.4, -0.2) is 50.9 Å². The Morgan fingerprint density at radius 2 is 2.21 bits per heavy atom. The van der Waals surface area contributed by atoms with E-state index in [1.165, 1.54) is 17.3 Å². The fourth-order valence-corrected chi connectivity index (χ4v) is 1.28. The van der Waals surface area contributed by atoms with E-state index in [0.717, 1.165) is 7.11 Å². The Morgan fingerprint density at radius 3 is 2.74 bits per heavy atom. The lowest BCUT2D eigenvalue weighted by molar-refractivity contribution is -0.148. The molecule has 0 bridgehead atoms. The predicted octanol–water partition coefficient (Wildman–Crippen LogP) is -1.20. The van der Waals surface area contributed by atoms with Gasteiger partial charge in [-0.15, -0.1) is 0 Å². The van der Waals surface area contributed by atoms with Crippen LogP contribution in [0.4, 0.5) is 0 Å². The molecule has 0 aliphatic rings. The molecule has 0 saturated carbocycles. The van der Waals surface area contributed by atoms with Gasteiger partial charge in [0.1, 0.15) is 18.7 Å². The van der Waals surface area contributed by atoms with E-state index in [1.807, 2.05) is 0 Å². The summed E-state index contributed by atoms with van der Waals surface area (Å²) in [5.74, 6) is -2.49. The Morgan fingerprint density at radius 1 is 1.47 bits per heavy atom. The lowest BCUT2D eigenvalue weighted by Gasteiger charge is -2.13. The second kappa shape index (κ2) is 7.09. The van der Waals surface area contributed by atoms with Crippen LogP contribution in [-0.2, 0) is 25.7 Å². The molecule has 9 heteroatoms. The molecule has 104 valence electrons. The third-order valence-corrected chi connectivity index (χ3v) is 2.27. The van der Waals surface area contributed by atoms with Crippen molar-refractivity contribution >= 4 is 17.8 Å². The van der Waals surface area contributed by atoms with Gasteiger partial charge in [-0.25, -0.2) is 9.78 Å². The van der Waals surface area contributed by atoms with Gasteiger partial charge >= 0.3 is 11.9 Å². The van der Waals surface area contributed by atoms with Crippen molar-refractivity contribution in [2.24, 2.45) is 0 Å². The third-order valence-electron chi connectivity index (χ3n) is 2.27. The summed E-state index contributed by atoms with van der Waals surface area (Å²) in [6.07, 6.45) is 2.39. The number of methoxy groups -OCH3 is 1. The van der Waals surface area contributed by atoms with Crippen LogP contribution in [0, 0.1) is 0 Å². The zero-order valence-electron chi connectivity index (χ0n) is 10.3. The lowest BCUT2D eigenvalue weighted by atomic mass is 10.2. The van der Waals surface area contributed by atoms with Crippen molar-refractivity contribution in [1.82, 2.24) is 20.1 Å². The average Bonchev–Trinajstić information content (AvgIpc) is 2.88. The van der Waals surface area contributed by atoms with Crippen molar-refractivity contribution in [3.63, 3.8) is 0 Å². The predicted molar refractivity (Wildman–Crippen MR) is 60.8 cm³/mol. The Balaban J connectivity index is 2.42. The Labute approximate surface area is 108 Å². The maximum Gasteiger partial charge on any atom is 0.326 e. The monoisotopic (exact) mass is 270 g/mol. The topological polar surface area (TPSA) is 123 Å². The zero-order valence-corrected chi connectivity index (χ0v) is 10.3. The number of aryl methyl sites for hydroxylation is 1. The van der Waals surface area contributed by atoms with Gasteiger partial charge in [0.2, 0.25) is 5.91 Å². The van der Waals surface area contributed by atoms with Crippen molar-refractivity contribution in [2.75, 3.05) is 7.11 Å². The highest BCUT2D eigenvalue weighted by Gasteiger charge is 2.23. The molecule has 0 aliphatic carbocycles. The number of carboxylic acid groups (broad SMARTS) is 1. The van der Waals surface area contributed by atoms with E-state index >= 15 is 0 Å². The second-order valence-electron chi connectivity index (χ2n) is 3.65. The summed E-state index contributed by atoms with van der Waals surface area (Å²) in [6, 6.07) is -1.30. The number of carboxylic acids is 1. The van der Waals surface area contributed by atoms with E-state index in [2.05, 4.69) is 20.1 Å². The van der Waals surface area contributed by atoms with Crippen LogP contribution in [0.3, 0.4) is 0 Å². The van der Waals surface area contributed by atoms with Gasteiger partial charge in [-0.3, -0.25) is 14.3 Å². The SMILES string of the molecule is COC(=O)C[C@H](NC(=O)CCn1cncn1)C(=O)O. The summed E-state index contributed by atoms with van der Waals surface area (Å²) in [5.41, 5.74) is 0. The normalized spacial score (nSPS) is 11.6. The lowest BCUT2D eigenvalue weighted by Crippen LogP contribution is -2.42. The molecule has 0 radical (unpaired) electrons. The van der Waals surface area contributed by atoms with Gasteiger partial charge in [-0.2, -0.15) is 5.10 Å². The number of rotatable bonds is 7. The molecule has 0 aliphatic heterocycles. The molecule has 1 amide bonds. The summed E-state index contributed by atoms with van der Waals surface area (Å²) in [4.78, 5) is 37.1. The minimum atomic E-state index is -1.30. The minimum Gasteiger partial charge on any atom is -0.480 e. The summed E-state index contributed by atoms with van der Waals surface area (Å²) >= 11 is 0. The van der Waals surface area contributed by atoms with Gasteiger partial charge < -0.3 is 15.2 Å². The standard InChI is InChI=1S/C10H14N4O5/c1-19-9(16)4-7(10(17)18)13-8(15)2-3-14-6-11-5-12-14/h5-7H,2-4H2,1H3,(H,13,15)(H,17,18)/t7-/m0/s1. The summed E-state index contributed by atoms with van der Waals surface area (Å²) in [7, 11) is 1.15. The second-order valence-corrected chi connectivity index (χ2v) is 3.65. The summed E-state index contributed by atoms with van der Waals surface area (Å²) < 4.78 is 5.80. The fourth-order valence-electron chi connectivity index (χ4n) is 1.28. The molecule has 0 saturated heterocycles. The van der Waals surface area contributed by atoms with Crippen molar-refractivity contribution in [3.8, 4) is 0 Å². The molecule has 9 nitrogen and oxygen atoms in total. The molecule has 1 aromatic rings. The highest BCUT2D eigenvalue weighted by atomic mass is 16.5. The Hall–Kier alpha value is -2.45. The average molecular weight is 270 g/mol. The van der Waals surface area contributed by atoms with E-state index in [0.29, 0.717) is 0 Å². The summed E-state index contributed by atoms with van der Waals surface area (Å²) in [5, 5.41) is 14.9. The molecule has 0 aromatic carbocycles. The molecule has 0 fully saturated rings. The number of amides is 1. The number of nitrogens with one attached hydrogen (secondary N) is 1. The van der Waals surface area contributed by atoms with Crippen LogP contribution in [0.2, 0.25) is 0 Å². The highest BCUT2D eigenvalue weighted by Crippen LogP contribution is 1.97. The summed E-state index contributed by atoms with van der Waals surface area (Å²) in [6.45, 7) is 0.274. The molecule has 0 spiro atoms. The molecule has 0 unspecified atom stereocenters. The minimum absolute atomic E-state index is 0.0360. The van der Waals surface area contributed by atoms with Crippen LogP contribution in [0.5, 0.6) is 0 Å². The third kappa shape index (κ3) is 5.15. The van der Waals surface area contributed by atoms with Gasteiger partial charge in [0.25, 0.3) is 0 Å². The van der Waals surface area contributed by atoms with Crippen molar-refractivity contribution in [3.05, 3.63) is 12.7 Å². The number of hydrogen-bond donors (Lipinski definition) is 2. The molecule has 1 rings (SSSR count). The van der Waals surface area contributed by atoms with Crippen LogP contribution < -0.4 is 5.32 Å². The maximum absolute atomic E-state index is 11.5. The van der Waals surface area contributed by atoms with Gasteiger partial charge in [-0.1, -0.05) is 0 Å². The first-order valence-electron chi connectivity index (χ1n) is 5.44. The van der Waals surface area contributed by atoms with E-state index in [9.17, 15) is 14.4 Å². The number of aromatic nitrogens is 3. The van der Waals surface area contributed by atoms with Gasteiger partial charge in [0.15, 0.2) is 0 Å². The maximum atomic E-state index is 11.5. The first-order valence-corrected chi connectivity index (χ1v) is 5.44. The number of carbonyl (C=O) groups excluding carboxylic acids is 2. The van der Waals surface area contributed by atoms with Crippen molar-refractivity contribution in [1.29, 1.82) is 0 Å². The van der Waals surface area contributed by atoms with E-state index in [4.69, 9.17) is 5.11 Å². The fraction of sp³-hybridized carbons (Fsp3) is 0.500. The quantitative estimate of drug-likeness (QED) is 0.596. The van der Waals surface area contributed by atoms with E-state index in [1.54, 1.807) is 0 Å². The van der Waals surface area contributed by atoms with Crippen LogP contribution >= 0.6 is 0 Å². The number of aliphatic carboxylic acids is 1. The number of esters is 1. The van der Waals surface area contributed by atoms with Gasteiger partial charge in [0.05, 0.1) is 20.1 Å². The van der Waals surface area contributed by atoms with Crippen LogP contribution in [0.15, 0.2) is 12.7 Å². The van der Waals surface area contributed by atoms with Crippen molar-refractivity contribution in [2.45, 2.75) is 25.4 Å². The largest absolute Gasteiger partial charge is 0.480 e. The number of nitrogens with zero attached hydrogens (tertiary/aromatic N) is 3. The molecule has 2 N–H and O–H groups in total. The smallest absolute Gasteiger partial charge is 0.326 e. The highest BCUT2D eigenvalue weighted by molar-refractivity contribution is 5.87. The number of ether oxygens (including phenoxy) is 1. The first kappa shape index (κ1) is 14.6. The molecular weight excluding hydrogens is 256 g/mol.